The average molecular weight is 478 g/mol. The number of halogens is 6. The van der Waals surface area contributed by atoms with E-state index in [9.17, 15) is 18.3 Å². The van der Waals surface area contributed by atoms with E-state index in [2.05, 4.69) is 15.3 Å². The van der Waals surface area contributed by atoms with Crippen LogP contribution in [0.5, 0.6) is 0 Å². The van der Waals surface area contributed by atoms with Gasteiger partial charge in [-0.25, -0.2) is 23.1 Å². The van der Waals surface area contributed by atoms with Gasteiger partial charge in [-0.2, -0.15) is 13.2 Å². The van der Waals surface area contributed by atoms with E-state index in [0.29, 0.717) is 0 Å². The van der Waals surface area contributed by atoms with Crippen molar-refractivity contribution in [1.29, 1.82) is 0 Å². The van der Waals surface area contributed by atoms with E-state index in [1.54, 1.807) is 0 Å². The SMILES string of the molecule is OC(c1cnc(NC23CC4(F)CC5(F)CC(C4)(C2)C3(F)C5)nc1C(F)(F)F)N1CCOCC1. The normalized spacial score (nSPS) is 45.1. The van der Waals surface area contributed by atoms with Crippen LogP contribution in [0, 0.1) is 5.41 Å². The van der Waals surface area contributed by atoms with E-state index in [1.165, 1.54) is 4.90 Å². The van der Waals surface area contributed by atoms with Crippen molar-refractivity contribution >= 4 is 5.95 Å². The van der Waals surface area contributed by atoms with E-state index in [0.717, 1.165) is 6.20 Å². The van der Waals surface area contributed by atoms with Crippen LogP contribution < -0.4 is 5.32 Å². The van der Waals surface area contributed by atoms with Gasteiger partial charge < -0.3 is 15.2 Å². The molecule has 1 spiro atoms. The molecule has 6 rings (SSSR count). The highest BCUT2D eigenvalue weighted by molar-refractivity contribution is 5.49. The number of morpholine rings is 1. The maximum Gasteiger partial charge on any atom is 0.433 e. The summed E-state index contributed by atoms with van der Waals surface area (Å²) >= 11 is 0. The Bertz CT molecular complexity index is 1000. The molecule has 12 heteroatoms. The first-order chi connectivity index (χ1) is 15.3. The molecule has 182 valence electrons. The number of ether oxygens (including phenoxy) is 1. The summed E-state index contributed by atoms with van der Waals surface area (Å²) in [5, 5.41) is 13.2. The lowest BCUT2D eigenvalue weighted by Crippen LogP contribution is -2.80. The third kappa shape index (κ3) is 2.86. The number of nitrogens with one attached hydrogen (secondary N) is 1. The largest absolute Gasteiger partial charge is 0.433 e. The van der Waals surface area contributed by atoms with Gasteiger partial charge in [0.15, 0.2) is 5.69 Å². The lowest BCUT2D eigenvalue weighted by molar-refractivity contribution is -0.230. The van der Waals surface area contributed by atoms with E-state index >= 15 is 13.2 Å². The Kier molecular flexibility index (Phi) is 4.18. The quantitative estimate of drug-likeness (QED) is 0.646. The van der Waals surface area contributed by atoms with Crippen LogP contribution in [0.3, 0.4) is 0 Å². The number of alkyl halides is 6. The summed E-state index contributed by atoms with van der Waals surface area (Å²) < 4.78 is 93.5. The van der Waals surface area contributed by atoms with Crippen LogP contribution in [0.4, 0.5) is 32.3 Å². The summed E-state index contributed by atoms with van der Waals surface area (Å²) in [6.07, 6.45) is -6.86. The zero-order valence-corrected chi connectivity index (χ0v) is 17.7. The second-order valence-electron chi connectivity index (χ2n) is 10.7. The van der Waals surface area contributed by atoms with Crippen molar-refractivity contribution in [2.24, 2.45) is 5.41 Å². The highest BCUT2D eigenvalue weighted by atomic mass is 19.4. The molecular formula is C21H24F6N4O2. The molecule has 4 saturated carbocycles. The smallest absolute Gasteiger partial charge is 0.379 e. The molecule has 1 saturated heterocycles. The number of fused-ring (bicyclic) bond motifs is 4. The third-order valence-corrected chi connectivity index (χ3v) is 8.47. The first-order valence-electron chi connectivity index (χ1n) is 11.1. The molecule has 4 bridgehead atoms. The van der Waals surface area contributed by atoms with Gasteiger partial charge in [0, 0.05) is 49.5 Å². The van der Waals surface area contributed by atoms with Crippen LogP contribution >= 0.6 is 0 Å². The molecule has 1 aromatic rings. The first kappa shape index (κ1) is 21.8. The minimum absolute atomic E-state index is 0.0645. The fourth-order valence-electron chi connectivity index (χ4n) is 7.71. The van der Waals surface area contributed by atoms with Crippen molar-refractivity contribution in [2.75, 3.05) is 31.6 Å². The fourth-order valence-corrected chi connectivity index (χ4v) is 7.71. The predicted octanol–water partition coefficient (Wildman–Crippen LogP) is 3.48. The van der Waals surface area contributed by atoms with Gasteiger partial charge in [0.05, 0.1) is 18.8 Å². The van der Waals surface area contributed by atoms with Crippen LogP contribution in [-0.4, -0.2) is 68.8 Å². The number of aliphatic hydroxyl groups excluding tert-OH is 1. The van der Waals surface area contributed by atoms with Crippen LogP contribution in [0.15, 0.2) is 6.20 Å². The zero-order valence-electron chi connectivity index (χ0n) is 17.7. The van der Waals surface area contributed by atoms with Crippen LogP contribution in [0.1, 0.15) is 56.0 Å². The van der Waals surface area contributed by atoms with Crippen molar-refractivity contribution < 1.29 is 36.2 Å². The van der Waals surface area contributed by atoms with E-state index in [1.807, 2.05) is 0 Å². The van der Waals surface area contributed by atoms with Gasteiger partial charge in [0.1, 0.15) is 23.2 Å². The first-order valence-corrected chi connectivity index (χ1v) is 11.1. The molecule has 6 unspecified atom stereocenters. The van der Waals surface area contributed by atoms with Gasteiger partial charge in [-0.3, -0.25) is 4.90 Å². The predicted molar refractivity (Wildman–Crippen MR) is 102 cm³/mol. The Morgan fingerprint density at radius 3 is 2.33 bits per heavy atom. The lowest BCUT2D eigenvalue weighted by atomic mass is 9.39. The number of anilines is 1. The van der Waals surface area contributed by atoms with E-state index in [4.69, 9.17) is 4.74 Å². The van der Waals surface area contributed by atoms with Crippen molar-refractivity contribution in [1.82, 2.24) is 14.9 Å². The molecular weight excluding hydrogens is 454 g/mol. The molecule has 33 heavy (non-hydrogen) atoms. The molecule has 6 nitrogen and oxygen atoms in total. The zero-order chi connectivity index (χ0) is 23.5. The number of rotatable bonds is 4. The fraction of sp³-hybridized carbons (Fsp3) is 0.810. The van der Waals surface area contributed by atoms with Gasteiger partial charge >= 0.3 is 6.18 Å². The minimum Gasteiger partial charge on any atom is -0.379 e. The summed E-state index contributed by atoms with van der Waals surface area (Å²) in [6.45, 7) is 1.00. The van der Waals surface area contributed by atoms with E-state index < -0.39 is 70.4 Å². The second kappa shape index (κ2) is 6.31. The average Bonchev–Trinajstić information content (AvgIpc) is 2.82. The van der Waals surface area contributed by atoms with Crippen molar-refractivity contribution in [3.8, 4) is 0 Å². The third-order valence-electron chi connectivity index (χ3n) is 8.47. The van der Waals surface area contributed by atoms with Gasteiger partial charge in [-0.05, 0) is 19.3 Å². The molecule has 5 fully saturated rings. The summed E-state index contributed by atoms with van der Waals surface area (Å²) in [6, 6.07) is 0. The maximum atomic E-state index is 16.2. The number of hydrogen-bond donors (Lipinski definition) is 2. The molecule has 1 aromatic heterocycles. The maximum absolute atomic E-state index is 16.2. The molecule has 4 aliphatic carbocycles. The van der Waals surface area contributed by atoms with Crippen molar-refractivity contribution in [3.05, 3.63) is 17.5 Å². The van der Waals surface area contributed by atoms with Crippen LogP contribution in [-0.2, 0) is 10.9 Å². The topological polar surface area (TPSA) is 70.5 Å². The Morgan fingerprint density at radius 1 is 1.00 bits per heavy atom. The second-order valence-corrected chi connectivity index (χ2v) is 10.7. The summed E-state index contributed by atoms with van der Waals surface area (Å²) in [7, 11) is 0. The summed E-state index contributed by atoms with van der Waals surface area (Å²) in [5.74, 6) is -0.506. The molecule has 6 atom stereocenters. The Hall–Kier alpha value is -1.66. The number of hydrogen-bond acceptors (Lipinski definition) is 6. The summed E-state index contributed by atoms with van der Waals surface area (Å²) in [5.41, 5.74) is -10.5. The number of aliphatic hydroxyl groups is 1. The monoisotopic (exact) mass is 478 g/mol. The molecule has 0 aromatic carbocycles. The molecule has 1 aliphatic heterocycles. The van der Waals surface area contributed by atoms with Gasteiger partial charge in [0.25, 0.3) is 0 Å². The van der Waals surface area contributed by atoms with Crippen LogP contribution in [0.25, 0.3) is 0 Å². The molecule has 0 amide bonds. The molecule has 5 aliphatic rings. The Labute approximate surface area is 185 Å². The van der Waals surface area contributed by atoms with E-state index in [-0.39, 0.29) is 52.0 Å². The highest BCUT2D eigenvalue weighted by Gasteiger charge is 2.89. The Morgan fingerprint density at radius 2 is 1.67 bits per heavy atom. The van der Waals surface area contributed by atoms with Crippen LogP contribution in [0.2, 0.25) is 0 Å². The molecule has 2 N–H and O–H groups in total. The van der Waals surface area contributed by atoms with Gasteiger partial charge in [-0.1, -0.05) is 0 Å². The lowest BCUT2D eigenvalue weighted by Gasteiger charge is -2.70. The Balaban J connectivity index is 1.34. The van der Waals surface area contributed by atoms with Gasteiger partial charge in [0.2, 0.25) is 5.95 Å². The summed E-state index contributed by atoms with van der Waals surface area (Å²) in [4.78, 5) is 8.95. The number of nitrogens with zero attached hydrogens (tertiary/aromatic N) is 3. The molecule has 2 heterocycles. The minimum atomic E-state index is -4.91. The highest BCUT2D eigenvalue weighted by Crippen LogP contribution is 2.82. The van der Waals surface area contributed by atoms with Crippen molar-refractivity contribution in [3.63, 3.8) is 0 Å². The van der Waals surface area contributed by atoms with Gasteiger partial charge in [-0.15, -0.1) is 0 Å². The standard InChI is InChI=1S/C21H24F6N4O2/c22-17-6-16-7-18(23,9-17)11-20(16,24)19(8-16,10-17)30-15-28-5-12(13(29-15)21(25,26)27)14(32)31-1-3-33-4-2-31/h5,14,32H,1-4,6-11H2,(H,28,29,30). The molecule has 0 radical (unpaired) electrons. The number of aromatic nitrogens is 2. The van der Waals surface area contributed by atoms with Crippen molar-refractivity contribution in [2.45, 2.75) is 73.5 Å².